The number of nitrogens with one attached hydrogen (secondary N) is 1. The summed E-state index contributed by atoms with van der Waals surface area (Å²) in [6, 6.07) is 11.3. The minimum absolute atomic E-state index is 0.108. The molecule has 29 heavy (non-hydrogen) atoms. The molecule has 0 aliphatic carbocycles. The number of amides is 1. The molecule has 0 saturated heterocycles. The number of thioether (sulfide) groups is 1. The van der Waals surface area contributed by atoms with Crippen molar-refractivity contribution in [3.63, 3.8) is 0 Å². The molecule has 3 rings (SSSR count). The molecule has 0 atom stereocenters. The second-order valence-electron chi connectivity index (χ2n) is 6.26. The van der Waals surface area contributed by atoms with Crippen LogP contribution in [-0.4, -0.2) is 23.7 Å². The van der Waals surface area contributed by atoms with Crippen molar-refractivity contribution in [2.24, 2.45) is 0 Å². The molecule has 0 aliphatic rings. The summed E-state index contributed by atoms with van der Waals surface area (Å²) in [5, 5.41) is 14.6. The summed E-state index contributed by atoms with van der Waals surface area (Å²) in [7, 11) is 1.38. The van der Waals surface area contributed by atoms with Crippen molar-refractivity contribution in [3.05, 3.63) is 74.1 Å². The summed E-state index contributed by atoms with van der Waals surface area (Å²) in [5.41, 5.74) is 1.91. The monoisotopic (exact) mass is 414 g/mol. The lowest BCUT2D eigenvalue weighted by atomic mass is 10.1. The smallest absolute Gasteiger partial charge is 0.336 e. The molecule has 1 aromatic heterocycles. The number of hydrogen-bond donors (Lipinski definition) is 1. The van der Waals surface area contributed by atoms with E-state index in [0.717, 1.165) is 16.5 Å². The SMILES string of the molecule is COc1ccc(CSCC(=O)Nc2ccc3c(C)cc(=O)oc3c2)cc1[N+](=O)[O-]. The van der Waals surface area contributed by atoms with E-state index in [1.54, 1.807) is 30.3 Å². The Balaban J connectivity index is 1.60. The number of benzene rings is 2. The Hall–Kier alpha value is -3.33. The Morgan fingerprint density at radius 3 is 2.76 bits per heavy atom. The molecule has 0 unspecified atom stereocenters. The van der Waals surface area contributed by atoms with Gasteiger partial charge in [0.2, 0.25) is 5.91 Å². The van der Waals surface area contributed by atoms with Crippen molar-refractivity contribution in [2.45, 2.75) is 12.7 Å². The van der Waals surface area contributed by atoms with Crippen LogP contribution in [-0.2, 0) is 10.5 Å². The van der Waals surface area contributed by atoms with Crippen molar-refractivity contribution < 1.29 is 18.9 Å². The number of nitro groups is 1. The van der Waals surface area contributed by atoms with Gasteiger partial charge >= 0.3 is 11.3 Å². The van der Waals surface area contributed by atoms with E-state index in [1.165, 1.54) is 31.0 Å². The number of methoxy groups -OCH3 is 1. The topological polar surface area (TPSA) is 112 Å². The molecule has 0 saturated carbocycles. The lowest BCUT2D eigenvalue weighted by molar-refractivity contribution is -0.385. The molecule has 8 nitrogen and oxygen atoms in total. The van der Waals surface area contributed by atoms with E-state index >= 15 is 0 Å². The van der Waals surface area contributed by atoms with Crippen molar-refractivity contribution in [2.75, 3.05) is 18.2 Å². The molecule has 1 N–H and O–H groups in total. The van der Waals surface area contributed by atoms with Gasteiger partial charge in [0.25, 0.3) is 0 Å². The van der Waals surface area contributed by atoms with Crippen LogP contribution in [0.5, 0.6) is 5.75 Å². The second kappa shape index (κ2) is 8.78. The normalized spacial score (nSPS) is 10.7. The summed E-state index contributed by atoms with van der Waals surface area (Å²) >= 11 is 1.33. The molecule has 1 heterocycles. The third-order valence-electron chi connectivity index (χ3n) is 4.18. The number of ether oxygens (including phenoxy) is 1. The Kier molecular flexibility index (Phi) is 6.18. The van der Waals surface area contributed by atoms with Gasteiger partial charge < -0.3 is 14.5 Å². The summed E-state index contributed by atoms with van der Waals surface area (Å²) in [4.78, 5) is 34.3. The van der Waals surface area contributed by atoms with Crippen molar-refractivity contribution in [1.29, 1.82) is 0 Å². The Morgan fingerprint density at radius 2 is 2.03 bits per heavy atom. The van der Waals surface area contributed by atoms with Gasteiger partial charge in [0.1, 0.15) is 5.58 Å². The number of rotatable bonds is 7. The summed E-state index contributed by atoms with van der Waals surface area (Å²) in [6.07, 6.45) is 0. The highest BCUT2D eigenvalue weighted by atomic mass is 32.2. The summed E-state index contributed by atoms with van der Waals surface area (Å²) in [5.74, 6) is 0.562. The summed E-state index contributed by atoms with van der Waals surface area (Å²) < 4.78 is 10.2. The highest BCUT2D eigenvalue weighted by Crippen LogP contribution is 2.29. The average molecular weight is 414 g/mol. The van der Waals surface area contributed by atoms with Gasteiger partial charge in [-0.3, -0.25) is 14.9 Å². The highest BCUT2D eigenvalue weighted by Gasteiger charge is 2.15. The number of hydrogen-bond acceptors (Lipinski definition) is 7. The van der Waals surface area contributed by atoms with Crippen LogP contribution in [0, 0.1) is 17.0 Å². The molecule has 0 fully saturated rings. The molecular weight excluding hydrogens is 396 g/mol. The summed E-state index contributed by atoms with van der Waals surface area (Å²) in [6.45, 7) is 1.82. The third kappa shape index (κ3) is 4.94. The van der Waals surface area contributed by atoms with E-state index < -0.39 is 10.5 Å². The van der Waals surface area contributed by atoms with E-state index in [1.807, 2.05) is 6.92 Å². The second-order valence-corrected chi connectivity index (χ2v) is 7.25. The van der Waals surface area contributed by atoms with Gasteiger partial charge in [0.15, 0.2) is 5.75 Å². The number of nitrogens with zero attached hydrogens (tertiary/aromatic N) is 1. The van der Waals surface area contributed by atoms with Crippen LogP contribution in [0.2, 0.25) is 0 Å². The first-order valence-electron chi connectivity index (χ1n) is 8.61. The van der Waals surface area contributed by atoms with Crippen molar-refractivity contribution >= 4 is 40.0 Å². The third-order valence-corrected chi connectivity index (χ3v) is 5.18. The number of carbonyl (C=O) groups excluding carboxylic acids is 1. The van der Waals surface area contributed by atoms with E-state index in [9.17, 15) is 19.7 Å². The molecule has 3 aromatic rings. The van der Waals surface area contributed by atoms with Crippen molar-refractivity contribution in [1.82, 2.24) is 0 Å². The van der Waals surface area contributed by atoms with Gasteiger partial charge in [0.05, 0.1) is 17.8 Å². The first-order chi connectivity index (χ1) is 13.9. The molecule has 0 aliphatic heterocycles. The molecule has 2 aromatic carbocycles. The maximum atomic E-state index is 12.2. The van der Waals surface area contributed by atoms with Gasteiger partial charge in [-0.2, -0.15) is 0 Å². The maximum absolute atomic E-state index is 12.2. The van der Waals surface area contributed by atoms with Crippen LogP contribution in [0.4, 0.5) is 11.4 Å². The number of carbonyl (C=O) groups is 1. The Morgan fingerprint density at radius 1 is 1.24 bits per heavy atom. The number of aryl methyl sites for hydroxylation is 1. The fourth-order valence-electron chi connectivity index (χ4n) is 2.83. The van der Waals surface area contributed by atoms with Crippen LogP contribution < -0.4 is 15.7 Å². The van der Waals surface area contributed by atoms with Gasteiger partial charge in [-0.05, 0) is 36.2 Å². The van der Waals surface area contributed by atoms with E-state index in [0.29, 0.717) is 17.0 Å². The van der Waals surface area contributed by atoms with Crippen LogP contribution in [0.1, 0.15) is 11.1 Å². The predicted octanol–water partition coefficient (Wildman–Crippen LogP) is 3.89. The molecule has 1 amide bonds. The number of fused-ring (bicyclic) bond motifs is 1. The Labute approximate surface area is 170 Å². The molecular formula is C20H18N2O6S. The molecule has 0 bridgehead atoms. The average Bonchev–Trinajstić information content (AvgIpc) is 2.67. The zero-order chi connectivity index (χ0) is 21.0. The minimum Gasteiger partial charge on any atom is -0.490 e. The zero-order valence-corrected chi connectivity index (χ0v) is 16.6. The zero-order valence-electron chi connectivity index (χ0n) is 15.8. The van der Waals surface area contributed by atoms with Gasteiger partial charge in [-0.25, -0.2) is 4.79 Å². The van der Waals surface area contributed by atoms with Crippen LogP contribution >= 0.6 is 11.8 Å². The highest BCUT2D eigenvalue weighted by molar-refractivity contribution is 7.99. The van der Waals surface area contributed by atoms with Crippen LogP contribution in [0.3, 0.4) is 0 Å². The first kappa shape index (κ1) is 20.4. The lowest BCUT2D eigenvalue weighted by Crippen LogP contribution is -2.14. The molecule has 150 valence electrons. The lowest BCUT2D eigenvalue weighted by Gasteiger charge is -2.08. The van der Waals surface area contributed by atoms with Gasteiger partial charge in [-0.1, -0.05) is 6.07 Å². The quantitative estimate of drug-likeness (QED) is 0.355. The molecule has 0 spiro atoms. The van der Waals surface area contributed by atoms with Gasteiger partial charge in [-0.15, -0.1) is 11.8 Å². The van der Waals surface area contributed by atoms with Crippen LogP contribution in [0.15, 0.2) is 51.7 Å². The number of nitro benzene ring substituents is 1. The number of anilines is 1. The molecule has 0 radical (unpaired) electrons. The fraction of sp³-hybridized carbons (Fsp3) is 0.200. The standard InChI is InChI=1S/C20H18N2O6S/c1-12-7-20(24)28-18-9-14(4-5-15(12)18)21-19(23)11-29-10-13-3-6-17(27-2)16(8-13)22(25)26/h3-9H,10-11H2,1-2H3,(H,21,23). The fourth-order valence-corrected chi connectivity index (χ4v) is 3.60. The molecule has 9 heteroatoms. The van der Waals surface area contributed by atoms with Crippen molar-refractivity contribution in [3.8, 4) is 5.75 Å². The van der Waals surface area contributed by atoms with Crippen LogP contribution in [0.25, 0.3) is 11.0 Å². The Bertz CT molecular complexity index is 1140. The van der Waals surface area contributed by atoms with E-state index in [-0.39, 0.29) is 23.1 Å². The first-order valence-corrected chi connectivity index (χ1v) is 9.76. The predicted molar refractivity (Wildman–Crippen MR) is 112 cm³/mol. The minimum atomic E-state index is -0.500. The van der Waals surface area contributed by atoms with E-state index in [2.05, 4.69) is 5.32 Å². The largest absolute Gasteiger partial charge is 0.490 e. The van der Waals surface area contributed by atoms with Gasteiger partial charge in [0, 0.05) is 35.0 Å². The maximum Gasteiger partial charge on any atom is 0.336 e. The van der Waals surface area contributed by atoms with E-state index in [4.69, 9.17) is 9.15 Å².